The van der Waals surface area contributed by atoms with Crippen molar-refractivity contribution in [2.45, 2.75) is 12.5 Å². The van der Waals surface area contributed by atoms with E-state index in [1.807, 2.05) is 12.1 Å². The molecule has 1 atom stereocenters. The average Bonchev–Trinajstić information content (AvgIpc) is 2.85. The van der Waals surface area contributed by atoms with Gasteiger partial charge in [0.05, 0.1) is 12.6 Å². The molecule has 0 fully saturated rings. The van der Waals surface area contributed by atoms with Crippen LogP contribution < -0.4 is 10.5 Å². The van der Waals surface area contributed by atoms with Gasteiger partial charge >= 0.3 is 0 Å². The zero-order chi connectivity index (χ0) is 13.4. The molecule has 2 aromatic rings. The van der Waals surface area contributed by atoms with E-state index < -0.39 is 0 Å². The van der Waals surface area contributed by atoms with Crippen molar-refractivity contribution in [2.75, 3.05) is 6.61 Å². The average molecular weight is 322 g/mol. The van der Waals surface area contributed by atoms with Gasteiger partial charge in [0.15, 0.2) is 0 Å². The first-order chi connectivity index (χ1) is 9.15. The molecule has 19 heavy (non-hydrogen) atoms. The van der Waals surface area contributed by atoms with Crippen molar-refractivity contribution in [1.29, 1.82) is 0 Å². The van der Waals surface area contributed by atoms with Gasteiger partial charge in [-0.05, 0) is 34.9 Å². The fraction of sp³-hybridized carbons (Fsp3) is 0.200. The van der Waals surface area contributed by atoms with Crippen LogP contribution in [-0.4, -0.2) is 6.61 Å². The SMILES string of the molecule is NC(c1ccc2c(c1)CCO2)c1ccc(F)cc1Br. The highest BCUT2D eigenvalue weighted by atomic mass is 79.9. The van der Waals surface area contributed by atoms with Gasteiger partial charge < -0.3 is 10.5 Å². The molecule has 0 radical (unpaired) electrons. The van der Waals surface area contributed by atoms with Crippen molar-refractivity contribution in [3.05, 3.63) is 63.4 Å². The molecule has 2 nitrogen and oxygen atoms in total. The van der Waals surface area contributed by atoms with Gasteiger partial charge in [0.25, 0.3) is 0 Å². The van der Waals surface area contributed by atoms with Gasteiger partial charge in [-0.1, -0.05) is 34.1 Å². The molecule has 4 heteroatoms. The molecule has 3 rings (SSSR count). The maximum absolute atomic E-state index is 13.1. The molecule has 1 aliphatic rings. The summed E-state index contributed by atoms with van der Waals surface area (Å²) in [6.07, 6.45) is 0.917. The third kappa shape index (κ3) is 2.38. The van der Waals surface area contributed by atoms with Crippen molar-refractivity contribution in [1.82, 2.24) is 0 Å². The monoisotopic (exact) mass is 321 g/mol. The van der Waals surface area contributed by atoms with E-state index in [0.717, 1.165) is 29.9 Å². The number of benzene rings is 2. The number of nitrogens with two attached hydrogens (primary N) is 1. The minimum absolute atomic E-state index is 0.273. The molecule has 1 unspecified atom stereocenters. The van der Waals surface area contributed by atoms with E-state index in [1.54, 1.807) is 6.07 Å². The molecule has 0 aromatic heterocycles. The lowest BCUT2D eigenvalue weighted by molar-refractivity contribution is 0.357. The lowest BCUT2D eigenvalue weighted by Crippen LogP contribution is -2.12. The summed E-state index contributed by atoms with van der Waals surface area (Å²) >= 11 is 3.36. The van der Waals surface area contributed by atoms with Gasteiger partial charge in [-0.2, -0.15) is 0 Å². The molecule has 0 saturated heterocycles. The highest BCUT2D eigenvalue weighted by Crippen LogP contribution is 2.32. The Labute approximate surface area is 119 Å². The van der Waals surface area contributed by atoms with E-state index in [-0.39, 0.29) is 11.9 Å². The van der Waals surface area contributed by atoms with Crippen molar-refractivity contribution in [3.63, 3.8) is 0 Å². The van der Waals surface area contributed by atoms with Crippen LogP contribution in [-0.2, 0) is 6.42 Å². The quantitative estimate of drug-likeness (QED) is 0.917. The van der Waals surface area contributed by atoms with Crippen LogP contribution in [0.1, 0.15) is 22.7 Å². The van der Waals surface area contributed by atoms with E-state index in [0.29, 0.717) is 4.47 Å². The normalized spacial score (nSPS) is 14.9. The summed E-state index contributed by atoms with van der Waals surface area (Å²) in [7, 11) is 0. The molecule has 1 heterocycles. The predicted octanol–water partition coefficient (Wildman–Crippen LogP) is 3.57. The highest BCUT2D eigenvalue weighted by Gasteiger charge is 2.17. The lowest BCUT2D eigenvalue weighted by atomic mass is 9.97. The van der Waals surface area contributed by atoms with Gasteiger partial charge in [-0.15, -0.1) is 0 Å². The third-order valence-electron chi connectivity index (χ3n) is 3.37. The highest BCUT2D eigenvalue weighted by molar-refractivity contribution is 9.10. The van der Waals surface area contributed by atoms with Gasteiger partial charge in [-0.3, -0.25) is 0 Å². The van der Waals surface area contributed by atoms with E-state index in [4.69, 9.17) is 10.5 Å². The number of rotatable bonds is 2. The molecule has 0 bridgehead atoms. The van der Waals surface area contributed by atoms with Crippen molar-refractivity contribution in [3.8, 4) is 5.75 Å². The van der Waals surface area contributed by atoms with Crippen LogP contribution >= 0.6 is 15.9 Å². The third-order valence-corrected chi connectivity index (χ3v) is 4.06. The van der Waals surface area contributed by atoms with E-state index in [1.165, 1.54) is 17.7 Å². The number of fused-ring (bicyclic) bond motifs is 1. The van der Waals surface area contributed by atoms with Gasteiger partial charge in [-0.25, -0.2) is 4.39 Å². The van der Waals surface area contributed by atoms with Crippen LogP contribution in [0.25, 0.3) is 0 Å². The molecular weight excluding hydrogens is 309 g/mol. The Morgan fingerprint density at radius 3 is 2.84 bits per heavy atom. The van der Waals surface area contributed by atoms with E-state index in [2.05, 4.69) is 22.0 Å². The second-order valence-corrected chi connectivity index (χ2v) is 5.46. The maximum Gasteiger partial charge on any atom is 0.124 e. The molecule has 0 aliphatic carbocycles. The molecule has 2 N–H and O–H groups in total. The summed E-state index contributed by atoms with van der Waals surface area (Å²) in [6, 6.07) is 10.3. The summed E-state index contributed by atoms with van der Waals surface area (Å²) in [6.45, 7) is 0.730. The summed E-state index contributed by atoms with van der Waals surface area (Å²) < 4.78 is 19.3. The van der Waals surface area contributed by atoms with Crippen LogP contribution in [0, 0.1) is 5.82 Å². The van der Waals surface area contributed by atoms with Crippen molar-refractivity contribution < 1.29 is 9.13 Å². The summed E-state index contributed by atoms with van der Waals surface area (Å²) in [4.78, 5) is 0. The van der Waals surface area contributed by atoms with E-state index >= 15 is 0 Å². The molecular formula is C15H13BrFNO. The first-order valence-corrected chi connectivity index (χ1v) is 6.90. The zero-order valence-corrected chi connectivity index (χ0v) is 11.8. The summed E-state index contributed by atoms with van der Waals surface area (Å²) in [5, 5.41) is 0. The minimum atomic E-state index is -0.277. The standard InChI is InChI=1S/C15H13BrFNO/c16-13-8-11(17)2-3-12(13)15(18)10-1-4-14-9(7-10)5-6-19-14/h1-4,7-8,15H,5-6,18H2. The fourth-order valence-electron chi connectivity index (χ4n) is 2.33. The first kappa shape index (κ1) is 12.6. The largest absolute Gasteiger partial charge is 0.493 e. The number of hydrogen-bond donors (Lipinski definition) is 1. The minimum Gasteiger partial charge on any atom is -0.493 e. The zero-order valence-electron chi connectivity index (χ0n) is 10.2. The van der Waals surface area contributed by atoms with Crippen molar-refractivity contribution in [2.24, 2.45) is 5.73 Å². The van der Waals surface area contributed by atoms with Crippen LogP contribution in [0.5, 0.6) is 5.75 Å². The van der Waals surface area contributed by atoms with Gasteiger partial charge in [0.1, 0.15) is 11.6 Å². The Morgan fingerprint density at radius 1 is 1.21 bits per heavy atom. The summed E-state index contributed by atoms with van der Waals surface area (Å²) in [5.74, 6) is 0.666. The Balaban J connectivity index is 1.97. The summed E-state index contributed by atoms with van der Waals surface area (Å²) in [5.41, 5.74) is 9.34. The Hall–Kier alpha value is -1.39. The van der Waals surface area contributed by atoms with Crippen LogP contribution in [0.3, 0.4) is 0 Å². The number of hydrogen-bond acceptors (Lipinski definition) is 2. The van der Waals surface area contributed by atoms with Crippen molar-refractivity contribution >= 4 is 15.9 Å². The fourth-order valence-corrected chi connectivity index (χ4v) is 2.93. The second-order valence-electron chi connectivity index (χ2n) is 4.61. The second kappa shape index (κ2) is 4.94. The molecule has 98 valence electrons. The number of ether oxygens (including phenoxy) is 1. The molecule has 0 saturated carbocycles. The van der Waals surface area contributed by atoms with Crippen LogP contribution in [0.4, 0.5) is 4.39 Å². The topological polar surface area (TPSA) is 35.2 Å². The Kier molecular flexibility index (Phi) is 3.29. The van der Waals surface area contributed by atoms with Crippen LogP contribution in [0.15, 0.2) is 40.9 Å². The predicted molar refractivity (Wildman–Crippen MR) is 75.8 cm³/mol. The molecule has 2 aromatic carbocycles. The lowest BCUT2D eigenvalue weighted by Gasteiger charge is -2.15. The number of halogens is 2. The smallest absolute Gasteiger partial charge is 0.124 e. The Bertz CT molecular complexity index is 630. The Morgan fingerprint density at radius 2 is 2.05 bits per heavy atom. The molecule has 0 spiro atoms. The maximum atomic E-state index is 13.1. The van der Waals surface area contributed by atoms with Crippen LogP contribution in [0.2, 0.25) is 0 Å². The molecule has 0 amide bonds. The van der Waals surface area contributed by atoms with Gasteiger partial charge in [0, 0.05) is 10.9 Å². The molecule has 1 aliphatic heterocycles. The van der Waals surface area contributed by atoms with Gasteiger partial charge in [0.2, 0.25) is 0 Å². The van der Waals surface area contributed by atoms with E-state index in [9.17, 15) is 4.39 Å². The first-order valence-electron chi connectivity index (χ1n) is 6.11.